The highest BCUT2D eigenvalue weighted by Crippen LogP contribution is 2.29. The zero-order valence-electron chi connectivity index (χ0n) is 18.2. The van der Waals surface area contributed by atoms with Crippen LogP contribution < -0.4 is 10.5 Å². The van der Waals surface area contributed by atoms with Crippen molar-refractivity contribution in [3.63, 3.8) is 0 Å². The third-order valence-corrected chi connectivity index (χ3v) is 5.95. The zero-order valence-corrected chi connectivity index (χ0v) is 19.1. The Morgan fingerprint density at radius 1 is 1.16 bits per heavy atom. The molecule has 8 heteroatoms. The minimum Gasteiger partial charge on any atom is -0.367 e. The number of para-hydroxylation sites is 2. The number of nitrogens with two attached hydrogens (primary N) is 1. The van der Waals surface area contributed by atoms with Crippen LogP contribution in [0.15, 0.2) is 54.7 Å². The predicted molar refractivity (Wildman–Crippen MR) is 130 cm³/mol. The molecule has 2 aromatic heterocycles. The first-order valence-corrected chi connectivity index (χ1v) is 12.1. The molecule has 2 aromatic carbocycles. The Kier molecular flexibility index (Phi) is 6.62. The molecule has 2 heterocycles. The number of anilines is 1. The second-order valence-corrected chi connectivity index (χ2v) is 9.39. The van der Waals surface area contributed by atoms with Gasteiger partial charge in [0.2, 0.25) is 0 Å². The molecule has 0 aliphatic rings. The Bertz CT molecular complexity index is 1280. The van der Waals surface area contributed by atoms with E-state index in [0.717, 1.165) is 40.3 Å². The van der Waals surface area contributed by atoms with Gasteiger partial charge in [-0.1, -0.05) is 50.2 Å². The average molecular weight is 450 g/mol. The Balaban J connectivity index is 1.70. The second-order valence-electron chi connectivity index (χ2n) is 8.22. The summed E-state index contributed by atoms with van der Waals surface area (Å²) in [5.41, 5.74) is 5.16. The first-order valence-electron chi connectivity index (χ1n) is 10.7. The van der Waals surface area contributed by atoms with Gasteiger partial charge in [-0.05, 0) is 24.5 Å². The number of hydrogen-bond acceptors (Lipinski definition) is 5. The van der Waals surface area contributed by atoms with Crippen molar-refractivity contribution in [1.82, 2.24) is 14.4 Å². The Hall–Kier alpha value is -3.10. The molecule has 0 aliphatic heterocycles. The van der Waals surface area contributed by atoms with E-state index >= 15 is 0 Å². The number of hydrogen-bond donors (Lipinski definition) is 2. The standard InChI is InChI=1S/C24H27N5O2S/c1-16(2)14-26-23-24-27-15-21(29(24)20-7-4-3-6-19(20)28-23)17-9-11-18(12-10-17)22(30)8-5-13-32(25)31/h3-4,6-7,9-12,15-16H,5,8,13-14,25H2,1-2H3,(H,26,28). The second kappa shape index (κ2) is 9.58. The minimum atomic E-state index is -1.37. The molecule has 1 atom stereocenters. The van der Waals surface area contributed by atoms with Gasteiger partial charge in [-0.2, -0.15) is 0 Å². The maximum atomic E-state index is 12.4. The predicted octanol–water partition coefficient (Wildman–Crippen LogP) is 4.20. The van der Waals surface area contributed by atoms with Crippen molar-refractivity contribution in [2.75, 3.05) is 17.6 Å². The van der Waals surface area contributed by atoms with Gasteiger partial charge in [0.1, 0.15) is 0 Å². The van der Waals surface area contributed by atoms with Crippen LogP contribution in [0.5, 0.6) is 0 Å². The number of fused-ring (bicyclic) bond motifs is 3. The summed E-state index contributed by atoms with van der Waals surface area (Å²) in [4.78, 5) is 21.9. The lowest BCUT2D eigenvalue weighted by atomic mass is 10.0. The highest BCUT2D eigenvalue weighted by Gasteiger charge is 2.15. The molecular formula is C24H27N5O2S. The average Bonchev–Trinajstić information content (AvgIpc) is 3.23. The maximum absolute atomic E-state index is 12.4. The van der Waals surface area contributed by atoms with E-state index in [9.17, 15) is 9.00 Å². The van der Waals surface area contributed by atoms with Crippen LogP contribution in [0.3, 0.4) is 0 Å². The fourth-order valence-electron chi connectivity index (χ4n) is 3.65. The lowest BCUT2D eigenvalue weighted by molar-refractivity contribution is 0.0982. The lowest BCUT2D eigenvalue weighted by Crippen LogP contribution is -2.11. The minimum absolute atomic E-state index is 0.0231. The van der Waals surface area contributed by atoms with Gasteiger partial charge < -0.3 is 5.32 Å². The molecule has 7 nitrogen and oxygen atoms in total. The Morgan fingerprint density at radius 2 is 1.91 bits per heavy atom. The quantitative estimate of drug-likeness (QED) is 0.373. The largest absolute Gasteiger partial charge is 0.367 e. The van der Waals surface area contributed by atoms with Gasteiger partial charge >= 0.3 is 0 Å². The third-order valence-electron chi connectivity index (χ3n) is 5.26. The molecule has 0 fully saturated rings. The summed E-state index contributed by atoms with van der Waals surface area (Å²) in [5.74, 6) is 1.59. The van der Waals surface area contributed by atoms with E-state index < -0.39 is 11.0 Å². The van der Waals surface area contributed by atoms with E-state index in [1.165, 1.54) is 0 Å². The summed E-state index contributed by atoms with van der Waals surface area (Å²) < 4.78 is 13.1. The highest BCUT2D eigenvalue weighted by molar-refractivity contribution is 7.82. The number of rotatable bonds is 9. The lowest BCUT2D eigenvalue weighted by Gasteiger charge is -2.12. The zero-order chi connectivity index (χ0) is 22.7. The van der Waals surface area contributed by atoms with E-state index in [1.807, 2.05) is 54.7 Å². The van der Waals surface area contributed by atoms with Crippen molar-refractivity contribution in [2.24, 2.45) is 11.1 Å². The first kappa shape index (κ1) is 22.1. The van der Waals surface area contributed by atoms with Crippen molar-refractivity contribution in [1.29, 1.82) is 0 Å². The molecule has 0 saturated carbocycles. The molecule has 0 spiro atoms. The number of nitrogens with one attached hydrogen (secondary N) is 1. The molecular weight excluding hydrogens is 422 g/mol. The van der Waals surface area contributed by atoms with Gasteiger partial charge in [-0.25, -0.2) is 14.2 Å². The Morgan fingerprint density at radius 3 is 2.62 bits per heavy atom. The summed E-state index contributed by atoms with van der Waals surface area (Å²) in [6, 6.07) is 15.5. The van der Waals surface area contributed by atoms with Crippen molar-refractivity contribution >= 4 is 39.3 Å². The molecule has 0 radical (unpaired) electrons. The molecule has 0 amide bonds. The monoisotopic (exact) mass is 449 g/mol. The number of Topliss-reactive ketones (excluding diaryl/α,β-unsaturated/α-hetero) is 1. The van der Waals surface area contributed by atoms with E-state index in [2.05, 4.69) is 28.5 Å². The molecule has 0 saturated heterocycles. The van der Waals surface area contributed by atoms with Crippen LogP contribution in [0, 0.1) is 5.92 Å². The summed E-state index contributed by atoms with van der Waals surface area (Å²) in [7, 11) is -1.37. The fourth-order valence-corrected chi connectivity index (χ4v) is 4.08. The van der Waals surface area contributed by atoms with Gasteiger partial charge in [0.05, 0.1) is 33.9 Å². The maximum Gasteiger partial charge on any atom is 0.181 e. The number of carbonyl (C=O) groups is 1. The van der Waals surface area contributed by atoms with Crippen LogP contribution >= 0.6 is 0 Å². The summed E-state index contributed by atoms with van der Waals surface area (Å²) in [6.45, 7) is 5.11. The van der Waals surface area contributed by atoms with Crippen molar-refractivity contribution < 1.29 is 9.00 Å². The number of aromatic nitrogens is 3. The number of benzene rings is 2. The van der Waals surface area contributed by atoms with Gasteiger partial charge in [-0.15, -0.1) is 0 Å². The van der Waals surface area contributed by atoms with Gasteiger partial charge in [0, 0.05) is 29.8 Å². The van der Waals surface area contributed by atoms with E-state index in [4.69, 9.17) is 10.1 Å². The van der Waals surface area contributed by atoms with Crippen LogP contribution in [0.25, 0.3) is 27.9 Å². The fraction of sp³-hybridized carbons (Fsp3) is 0.292. The normalized spacial score (nSPS) is 12.5. The van der Waals surface area contributed by atoms with Crippen LogP contribution in [-0.4, -0.2) is 36.7 Å². The molecule has 32 heavy (non-hydrogen) atoms. The number of imidazole rings is 1. The third kappa shape index (κ3) is 4.71. The topological polar surface area (TPSA) is 102 Å². The summed E-state index contributed by atoms with van der Waals surface area (Å²) in [5, 5.41) is 8.69. The number of carbonyl (C=O) groups excluding carboxylic acids is 1. The van der Waals surface area contributed by atoms with E-state index in [-0.39, 0.29) is 5.78 Å². The van der Waals surface area contributed by atoms with Crippen LogP contribution in [0.1, 0.15) is 37.0 Å². The highest BCUT2D eigenvalue weighted by atomic mass is 32.2. The van der Waals surface area contributed by atoms with Crippen molar-refractivity contribution in [3.05, 3.63) is 60.3 Å². The van der Waals surface area contributed by atoms with Gasteiger partial charge in [-0.3, -0.25) is 14.3 Å². The SMILES string of the molecule is CC(C)CNc1nc2ccccc2n2c(-c3ccc(C(=O)CCCS(N)=O)cc3)cnc12. The summed E-state index contributed by atoms with van der Waals surface area (Å²) >= 11 is 0. The number of nitrogens with zero attached hydrogens (tertiary/aromatic N) is 3. The van der Waals surface area contributed by atoms with E-state index in [1.54, 1.807) is 0 Å². The molecule has 0 aliphatic carbocycles. The van der Waals surface area contributed by atoms with Crippen molar-refractivity contribution in [2.45, 2.75) is 26.7 Å². The van der Waals surface area contributed by atoms with Gasteiger partial charge in [0.25, 0.3) is 0 Å². The van der Waals surface area contributed by atoms with Gasteiger partial charge in [0.15, 0.2) is 17.2 Å². The molecule has 166 valence electrons. The Labute approximate surface area is 189 Å². The van der Waals surface area contributed by atoms with Crippen LogP contribution in [0.2, 0.25) is 0 Å². The molecule has 1 unspecified atom stereocenters. The molecule has 3 N–H and O–H groups in total. The van der Waals surface area contributed by atoms with Crippen molar-refractivity contribution in [3.8, 4) is 11.3 Å². The number of ketones is 1. The molecule has 4 aromatic rings. The smallest absolute Gasteiger partial charge is 0.181 e. The molecule has 0 bridgehead atoms. The van der Waals surface area contributed by atoms with Crippen LogP contribution in [0.4, 0.5) is 5.82 Å². The first-order chi connectivity index (χ1) is 15.4. The summed E-state index contributed by atoms with van der Waals surface area (Å²) in [6.07, 6.45) is 2.69. The van der Waals surface area contributed by atoms with Crippen LogP contribution in [-0.2, 0) is 11.0 Å². The van der Waals surface area contributed by atoms with E-state index in [0.29, 0.717) is 30.1 Å². The molecule has 4 rings (SSSR count).